The number of carbonyl (C=O) groups is 2. The molecule has 0 saturated carbocycles. The van der Waals surface area contributed by atoms with Crippen LogP contribution in [0.2, 0.25) is 0 Å². The standard InChI is InChI=1S/C18H12IN3O2/c19-13-2-4-14(5-3-13)22-18(24)15(17(23)21-22)10-11-1-6-16-12(9-11)7-8-20-16/h1-10,20H,(H,21,23). The van der Waals surface area contributed by atoms with Gasteiger partial charge in [-0.25, -0.2) is 5.01 Å². The van der Waals surface area contributed by atoms with Crippen molar-refractivity contribution in [1.29, 1.82) is 0 Å². The number of anilines is 1. The van der Waals surface area contributed by atoms with Gasteiger partial charge < -0.3 is 4.98 Å². The normalized spacial score (nSPS) is 16.2. The highest BCUT2D eigenvalue weighted by molar-refractivity contribution is 14.1. The maximum atomic E-state index is 12.6. The molecule has 2 aromatic carbocycles. The Kier molecular flexibility index (Phi) is 3.61. The number of benzene rings is 2. The molecule has 1 saturated heterocycles. The first-order valence-corrected chi connectivity index (χ1v) is 8.39. The molecule has 0 bridgehead atoms. The van der Waals surface area contributed by atoms with E-state index in [1.54, 1.807) is 18.2 Å². The molecule has 0 spiro atoms. The van der Waals surface area contributed by atoms with E-state index in [4.69, 9.17) is 0 Å². The Balaban J connectivity index is 1.68. The Labute approximate surface area is 151 Å². The van der Waals surface area contributed by atoms with Gasteiger partial charge in [-0.05, 0) is 82.1 Å². The summed E-state index contributed by atoms with van der Waals surface area (Å²) in [6.45, 7) is 0. The van der Waals surface area contributed by atoms with Crippen LogP contribution in [-0.4, -0.2) is 16.8 Å². The Bertz CT molecular complexity index is 989. The van der Waals surface area contributed by atoms with Crippen molar-refractivity contribution in [2.75, 3.05) is 5.01 Å². The lowest BCUT2D eigenvalue weighted by atomic mass is 10.1. The highest BCUT2D eigenvalue weighted by Gasteiger charge is 2.34. The Morgan fingerprint density at radius 1 is 1.00 bits per heavy atom. The summed E-state index contributed by atoms with van der Waals surface area (Å²) in [6.07, 6.45) is 3.48. The van der Waals surface area contributed by atoms with Crippen LogP contribution in [0.1, 0.15) is 5.56 Å². The Morgan fingerprint density at radius 3 is 2.58 bits per heavy atom. The van der Waals surface area contributed by atoms with Crippen LogP contribution in [0.15, 0.2) is 60.3 Å². The third-order valence-electron chi connectivity index (χ3n) is 3.86. The fourth-order valence-corrected chi connectivity index (χ4v) is 3.02. The lowest BCUT2D eigenvalue weighted by Gasteiger charge is -2.14. The maximum absolute atomic E-state index is 12.6. The molecule has 0 atom stereocenters. The average molecular weight is 429 g/mol. The van der Waals surface area contributed by atoms with Crippen LogP contribution in [0.5, 0.6) is 0 Å². The van der Waals surface area contributed by atoms with Gasteiger partial charge in [0.2, 0.25) is 0 Å². The second-order valence-corrected chi connectivity index (χ2v) is 6.69. The van der Waals surface area contributed by atoms with Crippen LogP contribution in [0.3, 0.4) is 0 Å². The average Bonchev–Trinajstić information content (AvgIpc) is 3.15. The zero-order chi connectivity index (χ0) is 16.7. The van der Waals surface area contributed by atoms with E-state index in [1.807, 2.05) is 42.6 Å². The van der Waals surface area contributed by atoms with E-state index >= 15 is 0 Å². The molecular weight excluding hydrogens is 417 g/mol. The van der Waals surface area contributed by atoms with Crippen LogP contribution in [-0.2, 0) is 9.59 Å². The van der Waals surface area contributed by atoms with Crippen molar-refractivity contribution in [2.24, 2.45) is 0 Å². The van der Waals surface area contributed by atoms with Gasteiger partial charge in [0.15, 0.2) is 0 Å². The molecule has 2 amide bonds. The molecule has 0 aliphatic carbocycles. The molecule has 1 aliphatic heterocycles. The fraction of sp³-hybridized carbons (Fsp3) is 0. The fourth-order valence-electron chi connectivity index (χ4n) is 2.66. The number of nitrogens with zero attached hydrogens (tertiary/aromatic N) is 1. The number of carbonyl (C=O) groups excluding carboxylic acids is 2. The number of aromatic amines is 1. The number of aromatic nitrogens is 1. The van der Waals surface area contributed by atoms with Gasteiger partial charge in [-0.15, -0.1) is 0 Å². The lowest BCUT2D eigenvalue weighted by Crippen LogP contribution is -2.35. The number of amides is 2. The zero-order valence-corrected chi connectivity index (χ0v) is 14.6. The minimum atomic E-state index is -0.396. The number of hydrazine groups is 1. The van der Waals surface area contributed by atoms with Gasteiger partial charge >= 0.3 is 0 Å². The second-order valence-electron chi connectivity index (χ2n) is 5.44. The van der Waals surface area contributed by atoms with Crippen LogP contribution >= 0.6 is 22.6 Å². The largest absolute Gasteiger partial charge is 0.361 e. The summed E-state index contributed by atoms with van der Waals surface area (Å²) >= 11 is 2.19. The molecule has 2 N–H and O–H groups in total. The molecule has 2 heterocycles. The summed E-state index contributed by atoms with van der Waals surface area (Å²) in [5.41, 5.74) is 5.20. The summed E-state index contributed by atoms with van der Waals surface area (Å²) in [5, 5.41) is 2.31. The van der Waals surface area contributed by atoms with Crippen molar-refractivity contribution in [3.8, 4) is 0 Å². The molecule has 3 aromatic rings. The number of H-pyrrole nitrogens is 1. The number of hydrogen-bond donors (Lipinski definition) is 2. The van der Waals surface area contributed by atoms with E-state index in [9.17, 15) is 9.59 Å². The monoisotopic (exact) mass is 429 g/mol. The number of fused-ring (bicyclic) bond motifs is 1. The first-order valence-electron chi connectivity index (χ1n) is 7.32. The molecular formula is C18H12IN3O2. The zero-order valence-electron chi connectivity index (χ0n) is 12.4. The summed E-state index contributed by atoms with van der Waals surface area (Å²) in [7, 11) is 0. The van der Waals surface area contributed by atoms with Gasteiger partial charge in [-0.1, -0.05) is 6.07 Å². The topological polar surface area (TPSA) is 65.2 Å². The molecule has 118 valence electrons. The molecule has 1 fully saturated rings. The van der Waals surface area contributed by atoms with Crippen LogP contribution < -0.4 is 10.4 Å². The molecule has 6 heteroatoms. The summed E-state index contributed by atoms with van der Waals surface area (Å²) in [5.74, 6) is -0.747. The van der Waals surface area contributed by atoms with Crippen LogP contribution in [0.4, 0.5) is 5.69 Å². The highest BCUT2D eigenvalue weighted by Crippen LogP contribution is 2.23. The quantitative estimate of drug-likeness (QED) is 0.373. The van der Waals surface area contributed by atoms with E-state index < -0.39 is 5.91 Å². The number of hydrogen-bond acceptors (Lipinski definition) is 2. The van der Waals surface area contributed by atoms with Crippen molar-refractivity contribution in [3.63, 3.8) is 0 Å². The van der Waals surface area contributed by atoms with E-state index in [2.05, 4.69) is 33.0 Å². The van der Waals surface area contributed by atoms with Crippen LogP contribution in [0.25, 0.3) is 17.0 Å². The number of halogens is 1. The SMILES string of the molecule is O=C1NN(c2ccc(I)cc2)C(=O)C1=Cc1ccc2[nH]ccc2c1. The van der Waals surface area contributed by atoms with Gasteiger partial charge in [0, 0.05) is 15.3 Å². The van der Waals surface area contributed by atoms with Crippen molar-refractivity contribution in [1.82, 2.24) is 10.4 Å². The third-order valence-corrected chi connectivity index (χ3v) is 4.58. The summed E-state index contributed by atoms with van der Waals surface area (Å²) < 4.78 is 1.06. The summed E-state index contributed by atoms with van der Waals surface area (Å²) in [6, 6.07) is 15.1. The third kappa shape index (κ3) is 2.58. The van der Waals surface area contributed by atoms with E-state index in [0.717, 1.165) is 20.0 Å². The van der Waals surface area contributed by atoms with Gasteiger partial charge in [-0.2, -0.15) is 0 Å². The van der Waals surface area contributed by atoms with Gasteiger partial charge in [0.05, 0.1) is 5.69 Å². The smallest absolute Gasteiger partial charge is 0.282 e. The van der Waals surface area contributed by atoms with Crippen molar-refractivity contribution >= 4 is 57.1 Å². The first-order chi connectivity index (χ1) is 11.6. The molecule has 4 rings (SSSR count). The Morgan fingerprint density at radius 2 is 1.79 bits per heavy atom. The second kappa shape index (κ2) is 5.79. The highest BCUT2D eigenvalue weighted by atomic mass is 127. The predicted molar refractivity (Wildman–Crippen MR) is 101 cm³/mol. The number of rotatable bonds is 2. The minimum Gasteiger partial charge on any atom is -0.361 e. The molecule has 1 aliphatic rings. The van der Waals surface area contributed by atoms with Crippen LogP contribution in [0, 0.1) is 3.57 Å². The van der Waals surface area contributed by atoms with Crippen molar-refractivity contribution in [3.05, 3.63) is 69.4 Å². The molecule has 5 nitrogen and oxygen atoms in total. The van der Waals surface area contributed by atoms with E-state index in [1.165, 1.54) is 5.01 Å². The lowest BCUT2D eigenvalue weighted by molar-refractivity contribution is -0.117. The number of nitrogens with one attached hydrogen (secondary N) is 2. The first kappa shape index (κ1) is 14.9. The predicted octanol–water partition coefficient (Wildman–Crippen LogP) is 3.23. The maximum Gasteiger partial charge on any atom is 0.282 e. The van der Waals surface area contributed by atoms with E-state index in [0.29, 0.717) is 5.69 Å². The van der Waals surface area contributed by atoms with Crippen molar-refractivity contribution in [2.45, 2.75) is 0 Å². The molecule has 0 unspecified atom stereocenters. The summed E-state index contributed by atoms with van der Waals surface area (Å²) in [4.78, 5) is 27.9. The van der Waals surface area contributed by atoms with Gasteiger partial charge in [-0.3, -0.25) is 15.0 Å². The van der Waals surface area contributed by atoms with Gasteiger partial charge in [0.1, 0.15) is 5.57 Å². The minimum absolute atomic E-state index is 0.128. The van der Waals surface area contributed by atoms with Crippen molar-refractivity contribution < 1.29 is 9.59 Å². The van der Waals surface area contributed by atoms with E-state index in [-0.39, 0.29) is 11.5 Å². The molecule has 0 radical (unpaired) electrons. The molecule has 24 heavy (non-hydrogen) atoms. The Hall–Kier alpha value is -2.61. The van der Waals surface area contributed by atoms with Gasteiger partial charge in [0.25, 0.3) is 11.8 Å². The molecule has 1 aromatic heterocycles.